The van der Waals surface area contributed by atoms with Crippen molar-refractivity contribution in [2.24, 2.45) is 0 Å². The lowest BCUT2D eigenvalue weighted by atomic mass is 10.2. The van der Waals surface area contributed by atoms with Crippen LogP contribution in [0.2, 0.25) is 0 Å². The Balaban J connectivity index is 0.000000759. The molecule has 1 aliphatic heterocycles. The summed E-state index contributed by atoms with van der Waals surface area (Å²) in [5.74, 6) is 1.25. The number of hydrogen-bond donors (Lipinski definition) is 0. The van der Waals surface area contributed by atoms with E-state index < -0.39 is 14.5 Å². The highest BCUT2D eigenvalue weighted by Gasteiger charge is 2.44. The van der Waals surface area contributed by atoms with Crippen molar-refractivity contribution in [2.45, 2.75) is 27.7 Å². The van der Waals surface area contributed by atoms with E-state index in [1.807, 2.05) is 27.7 Å². The van der Waals surface area contributed by atoms with Gasteiger partial charge in [0.2, 0.25) is 0 Å². The van der Waals surface area contributed by atoms with Crippen LogP contribution in [-0.2, 0) is 0 Å². The molecule has 0 saturated carbocycles. The van der Waals surface area contributed by atoms with Gasteiger partial charge in [-0.1, -0.05) is 0 Å². The zero-order valence-electron chi connectivity index (χ0n) is 24.0. The second kappa shape index (κ2) is 15.8. The first kappa shape index (κ1) is 36.7. The molecule has 0 unspecified atom stereocenters. The monoisotopic (exact) mass is 624 g/mol. The molecule has 0 N–H and O–H groups in total. The van der Waals surface area contributed by atoms with Gasteiger partial charge in [-0.05, 0) is 27.7 Å². The molecular weight excluding hydrogens is 590 g/mol. The van der Waals surface area contributed by atoms with E-state index in [-0.39, 0.29) is 24.0 Å². The molecule has 1 fully saturated rings. The van der Waals surface area contributed by atoms with Crippen LogP contribution in [0.5, 0.6) is 24.0 Å². The van der Waals surface area contributed by atoms with Gasteiger partial charge in [0.05, 0.1) is 40.5 Å². The topological polar surface area (TPSA) is 114 Å². The molecule has 1 aliphatic rings. The predicted octanol–water partition coefficient (Wildman–Crippen LogP) is 3.84. The average molecular weight is 624 g/mol. The number of aromatic nitrogens is 6. The van der Waals surface area contributed by atoms with Crippen LogP contribution in [0, 0.1) is 0 Å². The van der Waals surface area contributed by atoms with Gasteiger partial charge in [-0.2, -0.15) is 0 Å². The fourth-order valence-electron chi connectivity index (χ4n) is 3.42. The van der Waals surface area contributed by atoms with Gasteiger partial charge in [0, 0.05) is 0 Å². The third kappa shape index (κ3) is 13.6. The number of hydrogen-bond acceptors (Lipinski definition) is 10. The first-order valence-corrected chi connectivity index (χ1v) is 12.8. The Hall–Kier alpha value is -3.29. The van der Waals surface area contributed by atoms with E-state index in [1.54, 1.807) is 0 Å². The number of nitrogens with zero attached hydrogens (tertiary/aromatic N) is 8. The van der Waals surface area contributed by atoms with Gasteiger partial charge < -0.3 is 53.5 Å². The van der Waals surface area contributed by atoms with Crippen molar-refractivity contribution >= 4 is 26.4 Å². The van der Waals surface area contributed by atoms with Crippen LogP contribution in [-0.4, -0.2) is 111 Å². The van der Waals surface area contributed by atoms with Gasteiger partial charge >= 0.3 is 50.4 Å². The summed E-state index contributed by atoms with van der Waals surface area (Å²) >= 11 is 0. The maximum Gasteiger partial charge on any atom is 0.673 e. The summed E-state index contributed by atoms with van der Waals surface area (Å²) < 4.78 is 101. The summed E-state index contributed by atoms with van der Waals surface area (Å²) in [6, 6.07) is 1.12. The molecule has 3 rings (SSSR count). The number of halogens is 8. The highest BCUT2D eigenvalue weighted by Crippen LogP contribution is 2.29. The maximum atomic E-state index is 9.75. The number of likely N-dealkylation sites (N-methyl/N-ethyl adjacent to an activating group) is 2. The van der Waals surface area contributed by atoms with Gasteiger partial charge in [-0.3, -0.25) is 8.97 Å². The van der Waals surface area contributed by atoms with Gasteiger partial charge in [0.1, 0.15) is 26.2 Å². The van der Waals surface area contributed by atoms with Crippen LogP contribution in [0.25, 0.3) is 0 Å². The van der Waals surface area contributed by atoms with Gasteiger partial charge in [-0.25, -0.2) is 0 Å². The second-order valence-electron chi connectivity index (χ2n) is 8.81. The Morgan fingerprint density at radius 2 is 0.667 bits per heavy atom. The Morgan fingerprint density at radius 1 is 0.476 bits per heavy atom. The van der Waals surface area contributed by atoms with Crippen molar-refractivity contribution in [1.29, 1.82) is 0 Å². The molecule has 0 aliphatic carbocycles. The first-order valence-electron chi connectivity index (χ1n) is 12.8. The molecule has 12 nitrogen and oxygen atoms in total. The summed E-state index contributed by atoms with van der Waals surface area (Å²) in [5.41, 5.74) is 0. The molecule has 3 heterocycles. The lowest BCUT2D eigenvalue weighted by molar-refractivity contribution is 0.162. The fourth-order valence-corrected chi connectivity index (χ4v) is 3.42. The van der Waals surface area contributed by atoms with Crippen molar-refractivity contribution in [3.8, 4) is 24.0 Å². The van der Waals surface area contributed by atoms with Crippen LogP contribution < -0.4 is 27.9 Å². The van der Waals surface area contributed by atoms with E-state index in [9.17, 15) is 34.5 Å². The van der Waals surface area contributed by atoms with E-state index in [4.69, 9.17) is 18.9 Å². The van der Waals surface area contributed by atoms with Crippen LogP contribution in [0.3, 0.4) is 0 Å². The molecule has 1 saturated heterocycles. The van der Waals surface area contributed by atoms with Crippen molar-refractivity contribution in [3.05, 3.63) is 0 Å². The molecule has 0 amide bonds. The zero-order valence-corrected chi connectivity index (χ0v) is 24.0. The molecule has 2 aromatic rings. The Kier molecular flexibility index (Phi) is 13.8. The molecule has 0 spiro atoms. The number of piperazine rings is 1. The largest absolute Gasteiger partial charge is 0.673 e. The molecule has 0 atom stereocenters. The molecule has 0 radical (unpaired) electrons. The normalized spacial score (nSPS) is 20.3. The molecular formula is C20H34B2F8N8O4. The van der Waals surface area contributed by atoms with Crippen LogP contribution in [0.15, 0.2) is 0 Å². The molecule has 240 valence electrons. The average Bonchev–Trinajstić information content (AvgIpc) is 2.85. The fraction of sp³-hybridized carbons (Fsp3) is 0.700. The van der Waals surface area contributed by atoms with E-state index in [0.29, 0.717) is 47.3 Å². The van der Waals surface area contributed by atoms with E-state index in [0.717, 1.165) is 26.2 Å². The Bertz CT molecular complexity index is 967. The Labute approximate surface area is 237 Å². The first-order chi connectivity index (χ1) is 19.4. The molecule has 42 heavy (non-hydrogen) atoms. The van der Waals surface area contributed by atoms with Crippen molar-refractivity contribution < 1.29 is 53.5 Å². The van der Waals surface area contributed by atoms with Gasteiger partial charge in [0.15, 0.2) is 0 Å². The number of rotatable bonds is 10. The minimum Gasteiger partial charge on any atom is -0.463 e. The molecule has 2 aromatic heterocycles. The molecule has 0 bridgehead atoms. The lowest BCUT2D eigenvalue weighted by Gasteiger charge is -2.42. The smallest absolute Gasteiger partial charge is 0.463 e. The van der Waals surface area contributed by atoms with E-state index in [1.165, 1.54) is 0 Å². The van der Waals surface area contributed by atoms with Crippen molar-refractivity contribution in [1.82, 2.24) is 38.9 Å². The standard InChI is InChI=1S/C20H34N8O4.2BF4/c1-7-29-17-21-15(22-18(25-17)30-8-2)27(5)11-13-28(6,14-12-27)16-23-19(31-9-3)26-20(24-16)32-10-4;2*2-1(3,4)5/h7-14H2,1-6H3;;/q+2;2*-1. The van der Waals surface area contributed by atoms with Crippen LogP contribution in [0.1, 0.15) is 27.7 Å². The van der Waals surface area contributed by atoms with Gasteiger partial charge in [0.25, 0.3) is 0 Å². The maximum absolute atomic E-state index is 9.75. The zero-order chi connectivity index (χ0) is 32.2. The predicted molar refractivity (Wildman–Crippen MR) is 140 cm³/mol. The number of quaternary nitrogens is 2. The summed E-state index contributed by atoms with van der Waals surface area (Å²) in [6.45, 7) is 12.5. The summed E-state index contributed by atoms with van der Waals surface area (Å²) in [7, 11) is -7.79. The summed E-state index contributed by atoms with van der Waals surface area (Å²) in [4.78, 5) is 26.7. The minimum atomic E-state index is -6.00. The molecule has 22 heteroatoms. The lowest BCUT2D eigenvalue weighted by Crippen LogP contribution is -2.66. The number of ether oxygens (including phenoxy) is 4. The summed E-state index contributed by atoms with van der Waals surface area (Å²) in [5, 5.41) is 0. The van der Waals surface area contributed by atoms with Crippen molar-refractivity contribution in [3.63, 3.8) is 0 Å². The minimum absolute atomic E-state index is 0.281. The third-order valence-corrected chi connectivity index (χ3v) is 5.40. The van der Waals surface area contributed by atoms with E-state index >= 15 is 0 Å². The Morgan fingerprint density at radius 3 is 0.833 bits per heavy atom. The van der Waals surface area contributed by atoms with Crippen molar-refractivity contribution in [2.75, 3.05) is 66.7 Å². The second-order valence-corrected chi connectivity index (χ2v) is 8.81. The summed E-state index contributed by atoms with van der Waals surface area (Å²) in [6.07, 6.45) is 0. The van der Waals surface area contributed by atoms with Crippen LogP contribution in [0.4, 0.5) is 46.4 Å². The highest BCUT2D eigenvalue weighted by molar-refractivity contribution is 6.50. The molecule has 0 aromatic carbocycles. The van der Waals surface area contributed by atoms with Crippen LogP contribution >= 0.6 is 0 Å². The highest BCUT2D eigenvalue weighted by atomic mass is 19.5. The quantitative estimate of drug-likeness (QED) is 0.220. The third-order valence-electron chi connectivity index (χ3n) is 5.40. The van der Waals surface area contributed by atoms with Gasteiger partial charge in [-0.15, -0.1) is 29.9 Å². The SMILES string of the molecule is CCOc1nc(OCC)nc([N+]2(C)CC[N+](C)(c3nc(OCC)nc(OCC)n3)CC2)n1.F[B-](F)(F)F.F[B-](F)(F)F. The van der Waals surface area contributed by atoms with E-state index in [2.05, 4.69) is 44.0 Å².